The lowest BCUT2D eigenvalue weighted by Gasteiger charge is -2.28. The van der Waals surface area contributed by atoms with Gasteiger partial charge in [0.2, 0.25) is 5.78 Å². The van der Waals surface area contributed by atoms with Gasteiger partial charge in [-0.25, -0.2) is 0 Å². The van der Waals surface area contributed by atoms with Crippen LogP contribution in [0.2, 0.25) is 0 Å². The molecular formula is C24H21NO5. The van der Waals surface area contributed by atoms with Crippen molar-refractivity contribution in [2.75, 3.05) is 12.0 Å². The molecule has 0 fully saturated rings. The number of aryl methyl sites for hydroxylation is 1. The van der Waals surface area contributed by atoms with Crippen molar-refractivity contribution in [3.8, 4) is 5.75 Å². The van der Waals surface area contributed by atoms with Gasteiger partial charge in [-0.1, -0.05) is 37.3 Å². The summed E-state index contributed by atoms with van der Waals surface area (Å²) >= 11 is 0. The highest BCUT2D eigenvalue weighted by molar-refractivity contribution is 6.20. The molecule has 2 aromatic carbocycles. The lowest BCUT2D eigenvalue weighted by molar-refractivity contribution is -0.117. The summed E-state index contributed by atoms with van der Waals surface area (Å²) < 4.78 is 10.7. The molecule has 0 saturated heterocycles. The average Bonchev–Trinajstić information content (AvgIpc) is 3.41. The standard InChI is InChI=1S/C24H21NO5/c1-3-15-10-12-16(13-11-15)25-21(17-7-4-5-8-18(17)29-2)20(23(27)24(25)28)22(26)19-9-6-14-30-19/h4-14,21,27H,3H2,1-2H3. The van der Waals surface area contributed by atoms with E-state index in [1.165, 1.54) is 24.3 Å². The number of rotatable bonds is 6. The molecule has 2 heterocycles. The second-order valence-electron chi connectivity index (χ2n) is 6.91. The first-order valence-electron chi connectivity index (χ1n) is 9.63. The van der Waals surface area contributed by atoms with Gasteiger partial charge >= 0.3 is 0 Å². The van der Waals surface area contributed by atoms with Crippen molar-refractivity contribution in [1.29, 1.82) is 0 Å². The SMILES string of the molecule is CCc1ccc(N2C(=O)C(O)=C(C(=O)c3ccco3)C2c2ccccc2OC)cc1. The maximum Gasteiger partial charge on any atom is 0.294 e. The molecule has 1 N–H and O–H groups in total. The number of ether oxygens (including phenoxy) is 1. The fourth-order valence-electron chi connectivity index (χ4n) is 3.72. The maximum absolute atomic E-state index is 13.2. The molecular weight excluding hydrogens is 382 g/mol. The number of aliphatic hydroxyl groups is 1. The summed E-state index contributed by atoms with van der Waals surface area (Å²) in [6.07, 6.45) is 2.23. The summed E-state index contributed by atoms with van der Waals surface area (Å²) in [5, 5.41) is 10.7. The van der Waals surface area contributed by atoms with E-state index in [9.17, 15) is 14.7 Å². The highest BCUT2D eigenvalue weighted by atomic mass is 16.5. The fraction of sp³-hybridized carbons (Fsp3) is 0.167. The molecule has 1 unspecified atom stereocenters. The Bertz CT molecular complexity index is 1110. The smallest absolute Gasteiger partial charge is 0.294 e. The van der Waals surface area contributed by atoms with Gasteiger partial charge in [0.05, 0.1) is 25.0 Å². The van der Waals surface area contributed by atoms with Crippen LogP contribution in [0.25, 0.3) is 0 Å². The van der Waals surface area contributed by atoms with Gasteiger partial charge < -0.3 is 14.3 Å². The van der Waals surface area contributed by atoms with Crippen LogP contribution >= 0.6 is 0 Å². The quantitative estimate of drug-likeness (QED) is 0.607. The number of amides is 1. The number of furan rings is 1. The van der Waals surface area contributed by atoms with Crippen LogP contribution in [-0.2, 0) is 11.2 Å². The van der Waals surface area contributed by atoms with Crippen LogP contribution in [-0.4, -0.2) is 23.9 Å². The number of methoxy groups -OCH3 is 1. The summed E-state index contributed by atoms with van der Waals surface area (Å²) in [7, 11) is 1.52. The third kappa shape index (κ3) is 3.16. The van der Waals surface area contributed by atoms with E-state index in [-0.39, 0.29) is 11.3 Å². The molecule has 152 valence electrons. The number of carbonyl (C=O) groups is 2. The largest absolute Gasteiger partial charge is 0.503 e. The first-order valence-corrected chi connectivity index (χ1v) is 9.63. The van der Waals surface area contributed by atoms with Gasteiger partial charge in [-0.2, -0.15) is 0 Å². The van der Waals surface area contributed by atoms with E-state index in [1.54, 1.807) is 30.3 Å². The van der Waals surface area contributed by atoms with Crippen LogP contribution in [0.3, 0.4) is 0 Å². The van der Waals surface area contributed by atoms with Crippen LogP contribution in [0, 0.1) is 0 Å². The van der Waals surface area contributed by atoms with Crippen LogP contribution < -0.4 is 9.64 Å². The Hall–Kier alpha value is -3.80. The average molecular weight is 403 g/mol. The minimum absolute atomic E-state index is 0.0426. The third-order valence-electron chi connectivity index (χ3n) is 5.25. The number of para-hydroxylation sites is 1. The second-order valence-corrected chi connectivity index (χ2v) is 6.91. The van der Waals surface area contributed by atoms with Crippen LogP contribution in [0.1, 0.15) is 34.6 Å². The number of aliphatic hydroxyl groups excluding tert-OH is 1. The maximum atomic E-state index is 13.2. The molecule has 6 nitrogen and oxygen atoms in total. The Morgan fingerprint density at radius 3 is 2.47 bits per heavy atom. The van der Waals surface area contributed by atoms with Crippen molar-refractivity contribution in [2.45, 2.75) is 19.4 Å². The fourth-order valence-corrected chi connectivity index (χ4v) is 3.72. The molecule has 1 aromatic heterocycles. The second kappa shape index (κ2) is 7.91. The zero-order chi connectivity index (χ0) is 21.3. The summed E-state index contributed by atoms with van der Waals surface area (Å²) in [5.74, 6) is -1.23. The molecule has 0 radical (unpaired) electrons. The van der Waals surface area contributed by atoms with Crippen LogP contribution in [0.5, 0.6) is 5.75 Å². The lowest BCUT2D eigenvalue weighted by Crippen LogP contribution is -2.31. The molecule has 1 aliphatic heterocycles. The van der Waals surface area contributed by atoms with E-state index in [2.05, 4.69) is 0 Å². The highest BCUT2D eigenvalue weighted by Crippen LogP contribution is 2.44. The molecule has 1 atom stereocenters. The van der Waals surface area contributed by atoms with Crippen LogP contribution in [0.15, 0.2) is 82.7 Å². The van der Waals surface area contributed by atoms with Crippen molar-refractivity contribution < 1.29 is 23.8 Å². The van der Waals surface area contributed by atoms with Gasteiger partial charge in [-0.05, 0) is 42.3 Å². The summed E-state index contributed by atoms with van der Waals surface area (Å²) in [6.45, 7) is 2.04. The molecule has 30 heavy (non-hydrogen) atoms. The van der Waals surface area contributed by atoms with Crippen molar-refractivity contribution in [3.63, 3.8) is 0 Å². The summed E-state index contributed by atoms with van der Waals surface area (Å²) in [5.41, 5.74) is 2.23. The van der Waals surface area contributed by atoms with Gasteiger partial charge in [0, 0.05) is 11.3 Å². The molecule has 0 aliphatic carbocycles. The van der Waals surface area contributed by atoms with E-state index in [0.29, 0.717) is 17.0 Å². The van der Waals surface area contributed by atoms with Gasteiger partial charge in [0.25, 0.3) is 5.91 Å². The zero-order valence-corrected chi connectivity index (χ0v) is 16.7. The molecule has 0 saturated carbocycles. The topological polar surface area (TPSA) is 80.0 Å². The minimum Gasteiger partial charge on any atom is -0.503 e. The van der Waals surface area contributed by atoms with E-state index in [4.69, 9.17) is 9.15 Å². The number of hydrogen-bond acceptors (Lipinski definition) is 5. The highest BCUT2D eigenvalue weighted by Gasteiger charge is 2.46. The molecule has 0 spiro atoms. The van der Waals surface area contributed by atoms with E-state index >= 15 is 0 Å². The van der Waals surface area contributed by atoms with Gasteiger partial charge in [-0.3, -0.25) is 14.5 Å². The third-order valence-corrected chi connectivity index (χ3v) is 5.25. The van der Waals surface area contributed by atoms with Gasteiger partial charge in [-0.15, -0.1) is 0 Å². The van der Waals surface area contributed by atoms with Gasteiger partial charge in [0.1, 0.15) is 5.75 Å². The first-order chi connectivity index (χ1) is 14.6. The number of benzene rings is 2. The first kappa shape index (κ1) is 19.5. The molecule has 0 bridgehead atoms. The number of nitrogens with zero attached hydrogens (tertiary/aromatic N) is 1. The molecule has 4 rings (SSSR count). The molecule has 1 aliphatic rings. The number of hydrogen-bond donors (Lipinski definition) is 1. The predicted molar refractivity (Wildman–Crippen MR) is 112 cm³/mol. The Balaban J connectivity index is 1.90. The van der Waals surface area contributed by atoms with E-state index in [0.717, 1.165) is 12.0 Å². The van der Waals surface area contributed by atoms with E-state index in [1.807, 2.05) is 31.2 Å². The summed E-state index contributed by atoms with van der Waals surface area (Å²) in [6, 6.07) is 16.8. The normalized spacial score (nSPS) is 16.3. The summed E-state index contributed by atoms with van der Waals surface area (Å²) in [4.78, 5) is 27.7. The van der Waals surface area contributed by atoms with Crippen molar-refractivity contribution in [3.05, 3.63) is 95.1 Å². The number of anilines is 1. The van der Waals surface area contributed by atoms with Crippen molar-refractivity contribution in [2.24, 2.45) is 0 Å². The van der Waals surface area contributed by atoms with Crippen molar-refractivity contribution >= 4 is 17.4 Å². The van der Waals surface area contributed by atoms with Gasteiger partial charge in [0.15, 0.2) is 11.5 Å². The lowest BCUT2D eigenvalue weighted by atomic mass is 9.94. The molecule has 1 amide bonds. The van der Waals surface area contributed by atoms with Crippen molar-refractivity contribution in [1.82, 2.24) is 0 Å². The number of Topliss-reactive ketones (excluding diaryl/α,β-unsaturated/α-hetero) is 1. The monoisotopic (exact) mass is 403 g/mol. The minimum atomic E-state index is -0.862. The zero-order valence-electron chi connectivity index (χ0n) is 16.7. The molecule has 6 heteroatoms. The Morgan fingerprint density at radius 2 is 1.83 bits per heavy atom. The van der Waals surface area contributed by atoms with Crippen LogP contribution in [0.4, 0.5) is 5.69 Å². The number of carbonyl (C=O) groups excluding carboxylic acids is 2. The number of ketones is 1. The Morgan fingerprint density at radius 1 is 1.10 bits per heavy atom. The van der Waals surface area contributed by atoms with E-state index < -0.39 is 23.5 Å². The molecule has 3 aromatic rings. The Kier molecular flexibility index (Phi) is 5.14. The Labute approximate surface area is 174 Å². The predicted octanol–water partition coefficient (Wildman–Crippen LogP) is 4.63.